The lowest BCUT2D eigenvalue weighted by Gasteiger charge is -2.27. The maximum atomic E-state index is 3.90. The van der Waals surface area contributed by atoms with Gasteiger partial charge in [-0.1, -0.05) is 49.3 Å². The molecule has 0 saturated heterocycles. The highest BCUT2D eigenvalue weighted by Crippen LogP contribution is 2.34. The minimum absolute atomic E-state index is 0.160. The molecule has 13 heavy (non-hydrogen) atoms. The van der Waals surface area contributed by atoms with Crippen molar-refractivity contribution in [1.29, 1.82) is 0 Å². The highest BCUT2D eigenvalue weighted by molar-refractivity contribution is 5.29. The molecule has 0 heteroatoms. The van der Waals surface area contributed by atoms with Crippen molar-refractivity contribution in [3.8, 4) is 0 Å². The molecule has 0 fully saturated rings. The quantitative estimate of drug-likeness (QED) is 0.441. The third-order valence-corrected chi connectivity index (χ3v) is 2.87. The van der Waals surface area contributed by atoms with Gasteiger partial charge in [-0.25, -0.2) is 0 Å². The first-order valence-corrected chi connectivity index (χ1v) is 4.80. The van der Waals surface area contributed by atoms with Gasteiger partial charge in [0.15, 0.2) is 0 Å². The van der Waals surface area contributed by atoms with Gasteiger partial charge < -0.3 is 0 Å². The van der Waals surface area contributed by atoms with Gasteiger partial charge in [0, 0.05) is 5.41 Å². The van der Waals surface area contributed by atoms with Crippen LogP contribution in [0.4, 0.5) is 0 Å². The Labute approximate surface area is 83.0 Å². The second-order valence-corrected chi connectivity index (χ2v) is 4.27. The summed E-state index contributed by atoms with van der Waals surface area (Å²) in [5.74, 6) is 0. The fraction of sp³-hybridized carbons (Fsp3) is 0.538. The van der Waals surface area contributed by atoms with Crippen LogP contribution in [0.25, 0.3) is 0 Å². The summed E-state index contributed by atoms with van der Waals surface area (Å²) in [7, 11) is 0. The zero-order valence-corrected chi connectivity index (χ0v) is 9.86. The molecule has 0 amide bonds. The number of rotatable bonds is 3. The molecule has 0 unspecified atom stereocenters. The molecule has 0 radical (unpaired) electrons. The molecule has 0 bridgehead atoms. The summed E-state index contributed by atoms with van der Waals surface area (Å²) < 4.78 is 0. The summed E-state index contributed by atoms with van der Waals surface area (Å²) >= 11 is 0. The molecule has 0 spiro atoms. The van der Waals surface area contributed by atoms with Gasteiger partial charge in [-0.15, -0.1) is 0 Å². The summed E-state index contributed by atoms with van der Waals surface area (Å²) in [4.78, 5) is 0. The van der Waals surface area contributed by atoms with Crippen LogP contribution in [0.3, 0.4) is 0 Å². The van der Waals surface area contributed by atoms with E-state index >= 15 is 0 Å². The van der Waals surface area contributed by atoms with Gasteiger partial charge >= 0.3 is 0 Å². The fourth-order valence-corrected chi connectivity index (χ4v) is 1.22. The van der Waals surface area contributed by atoms with E-state index in [0.29, 0.717) is 0 Å². The average Bonchev–Trinajstić information content (AvgIpc) is 2.01. The summed E-state index contributed by atoms with van der Waals surface area (Å²) in [5, 5.41) is 0. The molecule has 0 saturated carbocycles. The molecule has 0 N–H and O–H groups in total. The first-order valence-electron chi connectivity index (χ1n) is 4.80. The third kappa shape index (κ3) is 3.22. The van der Waals surface area contributed by atoms with E-state index in [1.807, 2.05) is 6.92 Å². The Bertz CT molecular complexity index is 249. The molecule has 74 valence electrons. The van der Waals surface area contributed by atoms with Crippen molar-refractivity contribution in [2.24, 2.45) is 5.41 Å². The van der Waals surface area contributed by atoms with E-state index in [1.54, 1.807) is 0 Å². The molecule has 0 nitrogen and oxygen atoms in total. The lowest BCUT2D eigenvalue weighted by Crippen LogP contribution is -2.14. The van der Waals surface area contributed by atoms with Crippen LogP contribution < -0.4 is 0 Å². The standard InChI is InChI=1S/C13H22/c1-8-11(4)13(6,7)12(5)9-10(2)3/h8-9H,2H2,1,3-7H3. The Hall–Kier alpha value is -0.780. The lowest BCUT2D eigenvalue weighted by molar-refractivity contribution is 0.537. The molecule has 0 atom stereocenters. The Balaban J connectivity index is 4.94. The SMILES string of the molecule is C=C(C)C=C(C)C(C)(C)C(C)=CC. The van der Waals surface area contributed by atoms with E-state index in [4.69, 9.17) is 0 Å². The first kappa shape index (κ1) is 12.2. The van der Waals surface area contributed by atoms with Gasteiger partial charge in [-0.05, 0) is 27.7 Å². The molecular formula is C13H22. The molecule has 0 aromatic carbocycles. The number of hydrogen-bond donors (Lipinski definition) is 0. The Kier molecular flexibility index (Phi) is 4.19. The normalized spacial score (nSPS) is 14.6. The van der Waals surface area contributed by atoms with E-state index in [9.17, 15) is 0 Å². The number of allylic oxidation sites excluding steroid dienone is 5. The summed E-state index contributed by atoms with van der Waals surface area (Å²) in [6.07, 6.45) is 4.34. The van der Waals surface area contributed by atoms with Crippen LogP contribution in [0.2, 0.25) is 0 Å². The molecule has 0 aliphatic heterocycles. The van der Waals surface area contributed by atoms with E-state index in [-0.39, 0.29) is 5.41 Å². The highest BCUT2D eigenvalue weighted by Gasteiger charge is 2.21. The minimum Gasteiger partial charge on any atom is -0.0961 e. The summed E-state index contributed by atoms with van der Waals surface area (Å²) in [6, 6.07) is 0. The second kappa shape index (κ2) is 4.45. The van der Waals surface area contributed by atoms with Gasteiger partial charge in [0.2, 0.25) is 0 Å². The molecule has 0 aliphatic carbocycles. The molecule has 0 aromatic heterocycles. The van der Waals surface area contributed by atoms with Gasteiger partial charge in [0.25, 0.3) is 0 Å². The average molecular weight is 178 g/mol. The van der Waals surface area contributed by atoms with Gasteiger partial charge in [0.05, 0.1) is 0 Å². The minimum atomic E-state index is 0.160. The van der Waals surface area contributed by atoms with Crippen molar-refractivity contribution in [1.82, 2.24) is 0 Å². The monoisotopic (exact) mass is 178 g/mol. The molecule has 0 rings (SSSR count). The fourth-order valence-electron chi connectivity index (χ4n) is 1.22. The van der Waals surface area contributed by atoms with Crippen molar-refractivity contribution in [3.05, 3.63) is 35.5 Å². The predicted octanol–water partition coefficient (Wildman–Crippen LogP) is 4.50. The third-order valence-electron chi connectivity index (χ3n) is 2.87. The molecule has 0 aliphatic rings. The van der Waals surface area contributed by atoms with Crippen molar-refractivity contribution in [2.75, 3.05) is 0 Å². The lowest BCUT2D eigenvalue weighted by atomic mass is 9.78. The zero-order chi connectivity index (χ0) is 10.6. The van der Waals surface area contributed by atoms with Crippen LogP contribution in [0.15, 0.2) is 35.5 Å². The summed E-state index contributed by atoms with van der Waals surface area (Å²) in [6.45, 7) is 16.9. The van der Waals surface area contributed by atoms with Crippen molar-refractivity contribution >= 4 is 0 Å². The first-order chi connectivity index (χ1) is 5.82. The van der Waals surface area contributed by atoms with Crippen LogP contribution in [0, 0.1) is 5.41 Å². The molecular weight excluding hydrogens is 156 g/mol. The van der Waals surface area contributed by atoms with Crippen molar-refractivity contribution in [2.45, 2.75) is 41.5 Å². The molecule has 0 aromatic rings. The number of hydrogen-bond acceptors (Lipinski definition) is 0. The van der Waals surface area contributed by atoms with Crippen molar-refractivity contribution < 1.29 is 0 Å². The Morgan fingerprint density at radius 1 is 1.08 bits per heavy atom. The second-order valence-electron chi connectivity index (χ2n) is 4.27. The van der Waals surface area contributed by atoms with Crippen LogP contribution in [0.1, 0.15) is 41.5 Å². The van der Waals surface area contributed by atoms with Gasteiger partial charge in [-0.3, -0.25) is 0 Å². The Morgan fingerprint density at radius 2 is 1.54 bits per heavy atom. The van der Waals surface area contributed by atoms with E-state index < -0.39 is 0 Å². The smallest absolute Gasteiger partial charge is 0.00615 e. The predicted molar refractivity (Wildman–Crippen MR) is 61.8 cm³/mol. The van der Waals surface area contributed by atoms with E-state index in [1.165, 1.54) is 11.1 Å². The highest BCUT2D eigenvalue weighted by atomic mass is 14.3. The van der Waals surface area contributed by atoms with Crippen LogP contribution >= 0.6 is 0 Å². The van der Waals surface area contributed by atoms with Gasteiger partial charge in [0.1, 0.15) is 0 Å². The topological polar surface area (TPSA) is 0 Å². The van der Waals surface area contributed by atoms with E-state index in [0.717, 1.165) is 5.57 Å². The zero-order valence-electron chi connectivity index (χ0n) is 9.86. The maximum absolute atomic E-state index is 3.90. The van der Waals surface area contributed by atoms with Crippen LogP contribution in [-0.2, 0) is 0 Å². The Morgan fingerprint density at radius 3 is 1.85 bits per heavy atom. The maximum Gasteiger partial charge on any atom is 0.00615 e. The van der Waals surface area contributed by atoms with Crippen LogP contribution in [-0.4, -0.2) is 0 Å². The van der Waals surface area contributed by atoms with E-state index in [2.05, 4.69) is 53.3 Å². The largest absolute Gasteiger partial charge is 0.0961 e. The van der Waals surface area contributed by atoms with Crippen LogP contribution in [0.5, 0.6) is 0 Å². The van der Waals surface area contributed by atoms with Gasteiger partial charge in [-0.2, -0.15) is 0 Å². The molecule has 0 heterocycles. The summed E-state index contributed by atoms with van der Waals surface area (Å²) in [5.41, 5.74) is 4.06. The van der Waals surface area contributed by atoms with Crippen molar-refractivity contribution in [3.63, 3.8) is 0 Å².